The van der Waals surface area contributed by atoms with Gasteiger partial charge in [-0.25, -0.2) is 4.98 Å². The van der Waals surface area contributed by atoms with Crippen LogP contribution in [-0.4, -0.2) is 15.8 Å². The van der Waals surface area contributed by atoms with Crippen LogP contribution in [0.2, 0.25) is 0 Å². The second-order valence-electron chi connectivity index (χ2n) is 5.66. The lowest BCUT2D eigenvalue weighted by Crippen LogP contribution is -2.19. The molecule has 0 saturated heterocycles. The molecule has 1 N–H and O–H groups in total. The molecule has 0 atom stereocenters. The number of Topliss-reactive ketones (excluding diaryl/α,β-unsaturated/α-hetero) is 1. The van der Waals surface area contributed by atoms with Crippen molar-refractivity contribution < 1.29 is 4.79 Å². The number of carbonyl (C=O) groups excluding carboxylic acids is 1. The average molecular weight is 314 g/mol. The van der Waals surface area contributed by atoms with Crippen LogP contribution in [0.4, 0.5) is 0 Å². The molecule has 0 radical (unpaired) electrons. The Hall–Kier alpha value is -3.27. The molecule has 0 aliphatic carbocycles. The van der Waals surface area contributed by atoms with E-state index in [1.54, 1.807) is 12.1 Å². The number of hydrogen-bond donors (Lipinski definition) is 1. The van der Waals surface area contributed by atoms with Gasteiger partial charge in [0.05, 0.1) is 17.5 Å². The summed E-state index contributed by atoms with van der Waals surface area (Å²) in [5.41, 5.74) is 1.89. The number of hydrogen-bond acceptors (Lipinski definition) is 3. The van der Waals surface area contributed by atoms with Crippen LogP contribution in [0, 0.1) is 0 Å². The SMILES string of the molecule is O=C(Cc1nc2ccccc2[nH]c1=O)c1cccc2ccccc12. The van der Waals surface area contributed by atoms with Gasteiger partial charge in [-0.15, -0.1) is 0 Å². The number of carbonyl (C=O) groups is 1. The molecule has 0 amide bonds. The largest absolute Gasteiger partial charge is 0.319 e. The summed E-state index contributed by atoms with van der Waals surface area (Å²) >= 11 is 0. The summed E-state index contributed by atoms with van der Waals surface area (Å²) < 4.78 is 0. The predicted octanol–water partition coefficient (Wildman–Crippen LogP) is 3.50. The maximum atomic E-state index is 12.7. The highest BCUT2D eigenvalue weighted by molar-refractivity contribution is 6.08. The third-order valence-electron chi connectivity index (χ3n) is 4.09. The highest BCUT2D eigenvalue weighted by atomic mass is 16.1. The Morgan fingerprint density at radius 2 is 1.67 bits per heavy atom. The van der Waals surface area contributed by atoms with Gasteiger partial charge in [-0.3, -0.25) is 9.59 Å². The van der Waals surface area contributed by atoms with E-state index in [1.807, 2.05) is 54.6 Å². The minimum absolute atomic E-state index is 0.0197. The van der Waals surface area contributed by atoms with Crippen LogP contribution in [0.25, 0.3) is 21.8 Å². The van der Waals surface area contributed by atoms with E-state index in [9.17, 15) is 9.59 Å². The topological polar surface area (TPSA) is 62.8 Å². The second-order valence-corrected chi connectivity index (χ2v) is 5.66. The number of nitrogens with zero attached hydrogens (tertiary/aromatic N) is 1. The molecule has 0 aliphatic rings. The lowest BCUT2D eigenvalue weighted by Gasteiger charge is -2.06. The zero-order valence-electron chi connectivity index (χ0n) is 12.8. The van der Waals surface area contributed by atoms with E-state index in [2.05, 4.69) is 9.97 Å². The van der Waals surface area contributed by atoms with Crippen molar-refractivity contribution in [2.24, 2.45) is 0 Å². The zero-order chi connectivity index (χ0) is 16.5. The Bertz CT molecular complexity index is 1120. The van der Waals surface area contributed by atoms with E-state index in [1.165, 1.54) is 0 Å². The van der Waals surface area contributed by atoms with E-state index in [0.29, 0.717) is 16.6 Å². The van der Waals surface area contributed by atoms with E-state index in [0.717, 1.165) is 10.8 Å². The molecule has 4 aromatic rings. The number of nitrogens with one attached hydrogen (secondary N) is 1. The summed E-state index contributed by atoms with van der Waals surface area (Å²) in [7, 11) is 0. The minimum Gasteiger partial charge on any atom is -0.319 e. The van der Waals surface area contributed by atoms with Crippen LogP contribution in [-0.2, 0) is 6.42 Å². The fourth-order valence-electron chi connectivity index (χ4n) is 2.90. The van der Waals surface area contributed by atoms with Crippen LogP contribution in [0.15, 0.2) is 71.5 Å². The third-order valence-corrected chi connectivity index (χ3v) is 4.09. The summed E-state index contributed by atoms with van der Waals surface area (Å²) in [5.74, 6) is -0.111. The van der Waals surface area contributed by atoms with Gasteiger partial charge in [-0.05, 0) is 22.9 Å². The van der Waals surface area contributed by atoms with Gasteiger partial charge in [-0.1, -0.05) is 54.6 Å². The number of H-pyrrole nitrogens is 1. The van der Waals surface area contributed by atoms with Crippen molar-refractivity contribution in [1.29, 1.82) is 0 Å². The quantitative estimate of drug-likeness (QED) is 0.589. The molecule has 4 rings (SSSR count). The molecule has 116 valence electrons. The summed E-state index contributed by atoms with van der Waals surface area (Å²) in [5, 5.41) is 1.89. The number of fused-ring (bicyclic) bond motifs is 2. The Morgan fingerprint density at radius 3 is 2.58 bits per heavy atom. The van der Waals surface area contributed by atoms with Gasteiger partial charge >= 0.3 is 0 Å². The standard InChI is InChI=1S/C20H14N2O2/c23-19(15-9-5-7-13-6-1-2-8-14(13)15)12-18-20(24)22-17-11-4-3-10-16(17)21-18/h1-11H,12H2,(H,22,24). The lowest BCUT2D eigenvalue weighted by atomic mass is 9.99. The van der Waals surface area contributed by atoms with Crippen molar-refractivity contribution in [3.05, 3.63) is 88.3 Å². The van der Waals surface area contributed by atoms with E-state index in [4.69, 9.17) is 0 Å². The van der Waals surface area contributed by atoms with Crippen LogP contribution in [0.5, 0.6) is 0 Å². The molecule has 0 aliphatic heterocycles. The van der Waals surface area contributed by atoms with Crippen LogP contribution in [0.1, 0.15) is 16.1 Å². The summed E-state index contributed by atoms with van der Waals surface area (Å²) in [4.78, 5) is 32.1. The smallest absolute Gasteiger partial charge is 0.270 e. The first-order valence-electron chi connectivity index (χ1n) is 7.71. The average Bonchev–Trinajstić information content (AvgIpc) is 2.62. The summed E-state index contributed by atoms with van der Waals surface area (Å²) in [6.45, 7) is 0. The van der Waals surface area contributed by atoms with E-state index < -0.39 is 0 Å². The monoisotopic (exact) mass is 314 g/mol. The van der Waals surface area contributed by atoms with Gasteiger partial charge in [0.1, 0.15) is 5.69 Å². The summed E-state index contributed by atoms with van der Waals surface area (Å²) in [6.07, 6.45) is -0.0197. The molecule has 24 heavy (non-hydrogen) atoms. The zero-order valence-corrected chi connectivity index (χ0v) is 12.8. The minimum atomic E-state index is -0.317. The van der Waals surface area contributed by atoms with Gasteiger partial charge in [0.2, 0.25) is 0 Å². The number of benzene rings is 3. The highest BCUT2D eigenvalue weighted by Gasteiger charge is 2.14. The highest BCUT2D eigenvalue weighted by Crippen LogP contribution is 2.19. The Labute approximate surface area is 137 Å². The van der Waals surface area contributed by atoms with Gasteiger partial charge < -0.3 is 4.98 Å². The number of ketones is 1. The van der Waals surface area contributed by atoms with E-state index >= 15 is 0 Å². The molecule has 1 aromatic heterocycles. The van der Waals surface area contributed by atoms with Crippen LogP contribution >= 0.6 is 0 Å². The van der Waals surface area contributed by atoms with Crippen molar-refractivity contribution in [1.82, 2.24) is 9.97 Å². The first-order chi connectivity index (χ1) is 11.7. The Morgan fingerprint density at radius 1 is 0.917 bits per heavy atom. The Balaban J connectivity index is 1.76. The van der Waals surface area contributed by atoms with Gasteiger partial charge in [0, 0.05) is 5.56 Å². The normalized spacial score (nSPS) is 11.0. The number of para-hydroxylation sites is 2. The molecule has 0 fully saturated rings. The van der Waals surface area contributed by atoms with Crippen LogP contribution < -0.4 is 5.56 Å². The van der Waals surface area contributed by atoms with Crippen molar-refractivity contribution in [3.8, 4) is 0 Å². The number of rotatable bonds is 3. The molecule has 4 heteroatoms. The molecule has 4 nitrogen and oxygen atoms in total. The maximum Gasteiger partial charge on any atom is 0.270 e. The van der Waals surface area contributed by atoms with Crippen molar-refractivity contribution >= 4 is 27.6 Å². The molecule has 0 saturated carbocycles. The van der Waals surface area contributed by atoms with Gasteiger partial charge in [0.15, 0.2) is 5.78 Å². The molecular formula is C20H14N2O2. The number of aromatic nitrogens is 2. The fourth-order valence-corrected chi connectivity index (χ4v) is 2.90. The lowest BCUT2D eigenvalue weighted by molar-refractivity contribution is 0.0993. The molecular weight excluding hydrogens is 300 g/mol. The van der Waals surface area contributed by atoms with Crippen molar-refractivity contribution in [2.75, 3.05) is 0 Å². The van der Waals surface area contributed by atoms with Crippen molar-refractivity contribution in [2.45, 2.75) is 6.42 Å². The maximum absolute atomic E-state index is 12.7. The Kier molecular flexibility index (Phi) is 3.43. The van der Waals surface area contributed by atoms with Crippen molar-refractivity contribution in [3.63, 3.8) is 0 Å². The third kappa shape index (κ3) is 2.48. The van der Waals surface area contributed by atoms with Crippen LogP contribution in [0.3, 0.4) is 0 Å². The van der Waals surface area contributed by atoms with E-state index in [-0.39, 0.29) is 23.5 Å². The molecule has 1 heterocycles. The first kappa shape index (κ1) is 14.3. The fraction of sp³-hybridized carbons (Fsp3) is 0.0500. The molecule has 3 aromatic carbocycles. The van der Waals surface area contributed by atoms with Gasteiger partial charge in [0.25, 0.3) is 5.56 Å². The van der Waals surface area contributed by atoms with Gasteiger partial charge in [-0.2, -0.15) is 0 Å². The molecule has 0 spiro atoms. The molecule has 0 bridgehead atoms. The number of aromatic amines is 1. The second kappa shape index (κ2) is 5.74. The molecule has 0 unspecified atom stereocenters. The first-order valence-corrected chi connectivity index (χ1v) is 7.71. The predicted molar refractivity (Wildman–Crippen MR) is 94.3 cm³/mol. The summed E-state index contributed by atoms with van der Waals surface area (Å²) in [6, 6.07) is 20.6.